The third-order valence-electron chi connectivity index (χ3n) is 3.32. The maximum Gasteiger partial charge on any atom is 0.335 e. The maximum atomic E-state index is 10.8. The van der Waals surface area contributed by atoms with Crippen LogP contribution in [0.4, 0.5) is 0 Å². The van der Waals surface area contributed by atoms with Gasteiger partial charge in [-0.15, -0.1) is 0 Å². The van der Waals surface area contributed by atoms with Gasteiger partial charge in [0.15, 0.2) is 0 Å². The van der Waals surface area contributed by atoms with Crippen molar-refractivity contribution in [3.63, 3.8) is 0 Å². The van der Waals surface area contributed by atoms with Gasteiger partial charge in [-0.3, -0.25) is 0 Å². The van der Waals surface area contributed by atoms with Crippen molar-refractivity contribution in [3.8, 4) is 5.75 Å². The van der Waals surface area contributed by atoms with Crippen LogP contribution in [0.3, 0.4) is 0 Å². The quantitative estimate of drug-likeness (QED) is 0.612. The maximum absolute atomic E-state index is 10.8. The molecule has 0 atom stereocenters. The third-order valence-corrected chi connectivity index (χ3v) is 3.32. The number of benzene rings is 1. The highest BCUT2D eigenvalue weighted by atomic mass is 16.5. The molecular weight excluding hydrogens is 270 g/mol. The standard InChI is InChI=1S/C16H23NO4/c18-16(19)14-3-1-4-15(11-14)21-10-8-17-7-2-9-20-12-13-5-6-13/h1,3-4,11,13,17H,2,5-10,12H2,(H,18,19). The van der Waals surface area contributed by atoms with Crippen molar-refractivity contribution in [1.29, 1.82) is 0 Å². The Balaban J connectivity index is 1.47. The Morgan fingerprint density at radius 1 is 1.29 bits per heavy atom. The van der Waals surface area contributed by atoms with Crippen LogP contribution < -0.4 is 10.1 Å². The second kappa shape index (κ2) is 8.64. The lowest BCUT2D eigenvalue weighted by Gasteiger charge is -2.08. The molecule has 21 heavy (non-hydrogen) atoms. The zero-order valence-corrected chi connectivity index (χ0v) is 12.2. The molecule has 2 N–H and O–H groups in total. The normalized spacial score (nSPS) is 14.1. The lowest BCUT2D eigenvalue weighted by molar-refractivity contribution is 0.0696. The molecule has 2 rings (SSSR count). The van der Waals surface area contributed by atoms with Crippen LogP contribution >= 0.6 is 0 Å². The van der Waals surface area contributed by atoms with Crippen molar-refractivity contribution in [2.24, 2.45) is 5.92 Å². The van der Waals surface area contributed by atoms with Gasteiger partial charge in [-0.1, -0.05) is 6.07 Å². The molecule has 0 spiro atoms. The molecule has 1 aromatic rings. The third kappa shape index (κ3) is 6.60. The van der Waals surface area contributed by atoms with Crippen molar-refractivity contribution in [3.05, 3.63) is 29.8 Å². The number of carbonyl (C=O) groups is 1. The van der Waals surface area contributed by atoms with Gasteiger partial charge in [0.2, 0.25) is 0 Å². The minimum Gasteiger partial charge on any atom is -0.492 e. The molecule has 0 saturated heterocycles. The van der Waals surface area contributed by atoms with E-state index in [0.717, 1.165) is 38.6 Å². The molecule has 5 heteroatoms. The first-order chi connectivity index (χ1) is 10.3. The molecule has 0 heterocycles. The van der Waals surface area contributed by atoms with Gasteiger partial charge in [0.1, 0.15) is 12.4 Å². The van der Waals surface area contributed by atoms with Gasteiger partial charge < -0.3 is 19.9 Å². The number of ether oxygens (including phenoxy) is 2. The van der Waals surface area contributed by atoms with Crippen molar-refractivity contribution >= 4 is 5.97 Å². The summed E-state index contributed by atoms with van der Waals surface area (Å²) in [7, 11) is 0. The highest BCUT2D eigenvalue weighted by Gasteiger charge is 2.20. The van der Waals surface area contributed by atoms with E-state index >= 15 is 0 Å². The summed E-state index contributed by atoms with van der Waals surface area (Å²) >= 11 is 0. The Hall–Kier alpha value is -1.59. The van der Waals surface area contributed by atoms with E-state index in [0.29, 0.717) is 12.4 Å². The van der Waals surface area contributed by atoms with Gasteiger partial charge in [-0.05, 0) is 49.9 Å². The number of hydrogen-bond donors (Lipinski definition) is 2. The monoisotopic (exact) mass is 293 g/mol. The van der Waals surface area contributed by atoms with Crippen LogP contribution in [0.5, 0.6) is 5.75 Å². The molecule has 1 fully saturated rings. The number of carboxylic acids is 1. The fraction of sp³-hybridized carbons (Fsp3) is 0.562. The second-order valence-corrected chi connectivity index (χ2v) is 5.30. The highest BCUT2D eigenvalue weighted by Crippen LogP contribution is 2.28. The van der Waals surface area contributed by atoms with Gasteiger partial charge in [-0.2, -0.15) is 0 Å². The largest absolute Gasteiger partial charge is 0.492 e. The smallest absolute Gasteiger partial charge is 0.335 e. The molecule has 0 unspecified atom stereocenters. The molecule has 0 aliphatic heterocycles. The average Bonchev–Trinajstić information content (AvgIpc) is 3.30. The van der Waals surface area contributed by atoms with E-state index in [2.05, 4.69) is 5.32 Å². The van der Waals surface area contributed by atoms with E-state index in [1.165, 1.54) is 18.9 Å². The second-order valence-electron chi connectivity index (χ2n) is 5.30. The highest BCUT2D eigenvalue weighted by molar-refractivity contribution is 5.87. The SMILES string of the molecule is O=C(O)c1cccc(OCCNCCCOCC2CC2)c1. The molecule has 5 nitrogen and oxygen atoms in total. The number of rotatable bonds is 11. The van der Waals surface area contributed by atoms with Crippen LogP contribution in [0.15, 0.2) is 24.3 Å². The first-order valence-corrected chi connectivity index (χ1v) is 7.50. The summed E-state index contributed by atoms with van der Waals surface area (Å²) in [5.41, 5.74) is 0.244. The number of carboxylic acid groups (broad SMARTS) is 1. The molecule has 1 saturated carbocycles. The van der Waals surface area contributed by atoms with Crippen LogP contribution in [0.1, 0.15) is 29.6 Å². The van der Waals surface area contributed by atoms with E-state index in [4.69, 9.17) is 14.6 Å². The van der Waals surface area contributed by atoms with E-state index in [9.17, 15) is 4.79 Å². The van der Waals surface area contributed by atoms with E-state index in [1.54, 1.807) is 18.2 Å². The van der Waals surface area contributed by atoms with E-state index < -0.39 is 5.97 Å². The summed E-state index contributed by atoms with van der Waals surface area (Å²) in [6.45, 7) is 3.89. The van der Waals surface area contributed by atoms with Crippen LogP contribution in [0.2, 0.25) is 0 Å². The predicted octanol–water partition coefficient (Wildman–Crippen LogP) is 2.17. The molecule has 0 aromatic heterocycles. The summed E-state index contributed by atoms with van der Waals surface area (Å²) in [6.07, 6.45) is 3.67. The van der Waals surface area contributed by atoms with Crippen molar-refractivity contribution in [2.75, 3.05) is 32.9 Å². The summed E-state index contributed by atoms with van der Waals surface area (Å²) in [5, 5.41) is 12.2. The van der Waals surface area contributed by atoms with Gasteiger partial charge in [0, 0.05) is 19.8 Å². The Morgan fingerprint density at radius 3 is 2.90 bits per heavy atom. The Bertz CT molecular complexity index is 446. The first kappa shape index (κ1) is 15.8. The van der Waals surface area contributed by atoms with Crippen LogP contribution in [0, 0.1) is 5.92 Å². The van der Waals surface area contributed by atoms with Gasteiger partial charge in [-0.25, -0.2) is 4.79 Å². The molecule has 1 aliphatic carbocycles. The van der Waals surface area contributed by atoms with Crippen LogP contribution in [0.25, 0.3) is 0 Å². The Kier molecular flexibility index (Phi) is 6.50. The minimum atomic E-state index is -0.940. The number of aromatic carboxylic acids is 1. The van der Waals surface area contributed by atoms with E-state index in [-0.39, 0.29) is 5.56 Å². The number of nitrogens with one attached hydrogen (secondary N) is 1. The van der Waals surface area contributed by atoms with Crippen LogP contribution in [-0.4, -0.2) is 44.0 Å². The summed E-state index contributed by atoms with van der Waals surface area (Å²) in [4.78, 5) is 10.8. The van der Waals surface area contributed by atoms with Crippen molar-refractivity contribution < 1.29 is 19.4 Å². The average molecular weight is 293 g/mol. The minimum absolute atomic E-state index is 0.244. The summed E-state index contributed by atoms with van der Waals surface area (Å²) < 4.78 is 11.0. The number of hydrogen-bond acceptors (Lipinski definition) is 4. The van der Waals surface area contributed by atoms with Crippen LogP contribution in [-0.2, 0) is 4.74 Å². The van der Waals surface area contributed by atoms with E-state index in [1.807, 2.05) is 0 Å². The fourth-order valence-electron chi connectivity index (χ4n) is 1.92. The first-order valence-electron chi connectivity index (χ1n) is 7.50. The van der Waals surface area contributed by atoms with Gasteiger partial charge in [0.05, 0.1) is 5.56 Å². The zero-order valence-electron chi connectivity index (χ0n) is 12.2. The van der Waals surface area contributed by atoms with Crippen molar-refractivity contribution in [2.45, 2.75) is 19.3 Å². The van der Waals surface area contributed by atoms with Gasteiger partial charge in [0.25, 0.3) is 0 Å². The zero-order chi connectivity index (χ0) is 14.9. The Morgan fingerprint density at radius 2 is 2.14 bits per heavy atom. The molecule has 1 aromatic carbocycles. The topological polar surface area (TPSA) is 67.8 Å². The van der Waals surface area contributed by atoms with Gasteiger partial charge >= 0.3 is 5.97 Å². The molecular formula is C16H23NO4. The fourth-order valence-corrected chi connectivity index (χ4v) is 1.92. The lowest BCUT2D eigenvalue weighted by Crippen LogP contribution is -2.23. The molecule has 0 radical (unpaired) electrons. The summed E-state index contributed by atoms with van der Waals surface area (Å²) in [6, 6.07) is 6.53. The van der Waals surface area contributed by atoms with Crippen molar-refractivity contribution in [1.82, 2.24) is 5.32 Å². The molecule has 0 amide bonds. The molecule has 1 aliphatic rings. The molecule has 116 valence electrons. The predicted molar refractivity (Wildman–Crippen MR) is 79.9 cm³/mol. The summed E-state index contributed by atoms with van der Waals surface area (Å²) in [5.74, 6) is 0.474. The molecule has 0 bridgehead atoms. The Labute approximate surface area is 125 Å². The lowest BCUT2D eigenvalue weighted by atomic mass is 10.2.